The van der Waals surface area contributed by atoms with Crippen molar-refractivity contribution in [1.29, 1.82) is 0 Å². The summed E-state index contributed by atoms with van der Waals surface area (Å²) >= 11 is 0. The number of amides is 1. The predicted molar refractivity (Wildman–Crippen MR) is 138 cm³/mol. The molecule has 202 valence electrons. The molecular weight excluding hydrogens is 491 g/mol. The lowest BCUT2D eigenvalue weighted by atomic mass is 9.91. The van der Waals surface area contributed by atoms with Crippen LogP contribution in [0.3, 0.4) is 0 Å². The van der Waals surface area contributed by atoms with Gasteiger partial charge in [-0.2, -0.15) is 0 Å². The SMILES string of the molecule is COCCCNc1nccc(-c2[nH]c(C3OCC(C)(C(=O)NCC4CC4)CO3)nc2-c2ccc(F)cc2)n1. The standard InChI is InChI=1S/C27H33FN6O4/c1-27(25(35)31-14-17-4-5-17)15-37-24(38-16-27)23-33-21(18-6-8-19(28)9-7-18)22(34-23)20-10-12-30-26(32-20)29-11-3-13-36-2/h6-10,12,17,24H,3-5,11,13-16H2,1-2H3,(H,31,35)(H,33,34)(H,29,30,32). The third-order valence-electron chi connectivity index (χ3n) is 6.69. The fourth-order valence-electron chi connectivity index (χ4n) is 4.18. The van der Waals surface area contributed by atoms with Crippen LogP contribution in [-0.2, 0) is 19.0 Å². The highest BCUT2D eigenvalue weighted by Crippen LogP contribution is 2.36. The van der Waals surface area contributed by atoms with Gasteiger partial charge in [0.15, 0.2) is 5.82 Å². The van der Waals surface area contributed by atoms with Crippen molar-refractivity contribution >= 4 is 11.9 Å². The maximum absolute atomic E-state index is 13.6. The molecule has 1 amide bonds. The van der Waals surface area contributed by atoms with Gasteiger partial charge >= 0.3 is 0 Å². The lowest BCUT2D eigenvalue weighted by Gasteiger charge is -2.35. The van der Waals surface area contributed by atoms with Crippen LogP contribution in [0.25, 0.3) is 22.6 Å². The monoisotopic (exact) mass is 524 g/mol. The molecule has 3 aromatic rings. The molecule has 2 fully saturated rings. The molecule has 11 heteroatoms. The zero-order valence-corrected chi connectivity index (χ0v) is 21.6. The molecule has 10 nitrogen and oxygen atoms in total. The molecular formula is C27H33FN6O4. The Kier molecular flexibility index (Phi) is 7.96. The number of halogens is 1. The maximum Gasteiger partial charge on any atom is 0.230 e. The van der Waals surface area contributed by atoms with Gasteiger partial charge in [-0.15, -0.1) is 0 Å². The molecule has 1 aromatic carbocycles. The highest BCUT2D eigenvalue weighted by Gasteiger charge is 2.41. The van der Waals surface area contributed by atoms with E-state index in [1.54, 1.807) is 31.5 Å². The summed E-state index contributed by atoms with van der Waals surface area (Å²) in [7, 11) is 1.66. The first-order valence-corrected chi connectivity index (χ1v) is 12.9. The Bertz CT molecular complexity index is 1240. The van der Waals surface area contributed by atoms with E-state index in [0.29, 0.717) is 60.0 Å². The topological polar surface area (TPSA) is 123 Å². The van der Waals surface area contributed by atoms with E-state index in [4.69, 9.17) is 19.2 Å². The van der Waals surface area contributed by atoms with E-state index >= 15 is 0 Å². The first-order valence-electron chi connectivity index (χ1n) is 12.9. The van der Waals surface area contributed by atoms with E-state index in [2.05, 4.69) is 25.6 Å². The summed E-state index contributed by atoms with van der Waals surface area (Å²) in [6.07, 6.45) is 4.02. The third-order valence-corrected chi connectivity index (χ3v) is 6.69. The minimum absolute atomic E-state index is 0.0681. The number of methoxy groups -OCH3 is 1. The smallest absolute Gasteiger partial charge is 0.230 e. The Balaban J connectivity index is 1.36. The van der Waals surface area contributed by atoms with Crippen LogP contribution in [0.5, 0.6) is 0 Å². The van der Waals surface area contributed by atoms with Crippen LogP contribution < -0.4 is 10.6 Å². The fourth-order valence-corrected chi connectivity index (χ4v) is 4.18. The molecule has 0 unspecified atom stereocenters. The minimum atomic E-state index is -0.791. The number of nitrogens with one attached hydrogen (secondary N) is 3. The predicted octanol–water partition coefficient (Wildman–Crippen LogP) is 3.70. The molecule has 1 aliphatic carbocycles. The van der Waals surface area contributed by atoms with Crippen molar-refractivity contribution < 1.29 is 23.4 Å². The van der Waals surface area contributed by atoms with Crippen molar-refractivity contribution in [3.05, 3.63) is 48.2 Å². The average molecular weight is 525 g/mol. The van der Waals surface area contributed by atoms with E-state index in [1.165, 1.54) is 25.0 Å². The van der Waals surface area contributed by atoms with Gasteiger partial charge in [0.1, 0.15) is 5.82 Å². The van der Waals surface area contributed by atoms with E-state index in [1.807, 2.05) is 6.92 Å². The number of H-pyrrole nitrogens is 1. The molecule has 0 atom stereocenters. The second-order valence-corrected chi connectivity index (χ2v) is 10.1. The molecule has 1 saturated carbocycles. The summed E-state index contributed by atoms with van der Waals surface area (Å²) in [6.45, 7) is 4.22. The van der Waals surface area contributed by atoms with Gasteiger partial charge in [-0.1, -0.05) is 0 Å². The van der Waals surface area contributed by atoms with Crippen LogP contribution >= 0.6 is 0 Å². The second-order valence-electron chi connectivity index (χ2n) is 10.1. The molecule has 38 heavy (non-hydrogen) atoms. The molecule has 3 heterocycles. The molecule has 1 saturated heterocycles. The van der Waals surface area contributed by atoms with Gasteiger partial charge in [0.05, 0.1) is 35.7 Å². The van der Waals surface area contributed by atoms with E-state index in [0.717, 1.165) is 6.42 Å². The van der Waals surface area contributed by atoms with Crippen LogP contribution in [0, 0.1) is 17.2 Å². The van der Waals surface area contributed by atoms with Crippen LogP contribution in [-0.4, -0.2) is 65.9 Å². The number of nitrogens with zero attached hydrogens (tertiary/aromatic N) is 3. The highest BCUT2D eigenvalue weighted by molar-refractivity contribution is 5.82. The molecule has 0 bridgehead atoms. The number of rotatable bonds is 11. The first-order chi connectivity index (χ1) is 18.4. The number of aromatic amines is 1. The Morgan fingerprint density at radius 2 is 1.95 bits per heavy atom. The van der Waals surface area contributed by atoms with Crippen molar-refractivity contribution in [2.75, 3.05) is 45.3 Å². The van der Waals surface area contributed by atoms with Crippen molar-refractivity contribution in [3.63, 3.8) is 0 Å². The second kappa shape index (κ2) is 11.5. The summed E-state index contributed by atoms with van der Waals surface area (Å²) in [5, 5.41) is 6.21. The molecule has 1 aliphatic heterocycles. The van der Waals surface area contributed by atoms with E-state index in [9.17, 15) is 9.18 Å². The normalized spacial score (nSPS) is 21.3. The van der Waals surface area contributed by atoms with Gasteiger partial charge in [-0.25, -0.2) is 19.3 Å². The van der Waals surface area contributed by atoms with Crippen LogP contribution in [0.1, 0.15) is 38.3 Å². The Morgan fingerprint density at radius 1 is 1.18 bits per heavy atom. The van der Waals surface area contributed by atoms with Gasteiger partial charge in [-0.05, 0) is 62.4 Å². The molecule has 0 radical (unpaired) electrons. The largest absolute Gasteiger partial charge is 0.385 e. The number of hydrogen-bond acceptors (Lipinski definition) is 8. The summed E-state index contributed by atoms with van der Waals surface area (Å²) in [5.74, 6) is 1.09. The molecule has 3 N–H and O–H groups in total. The Labute approximate surface area is 220 Å². The molecule has 2 aromatic heterocycles. The van der Waals surface area contributed by atoms with E-state index < -0.39 is 11.7 Å². The number of anilines is 1. The van der Waals surface area contributed by atoms with Crippen LogP contribution in [0.15, 0.2) is 36.5 Å². The number of imidazole rings is 1. The van der Waals surface area contributed by atoms with Gasteiger partial charge < -0.3 is 29.8 Å². The van der Waals surface area contributed by atoms with E-state index in [-0.39, 0.29) is 24.9 Å². The van der Waals surface area contributed by atoms with Crippen LogP contribution in [0.4, 0.5) is 10.3 Å². The minimum Gasteiger partial charge on any atom is -0.385 e. The first kappa shape index (κ1) is 26.2. The van der Waals surface area contributed by atoms with Crippen molar-refractivity contribution in [2.24, 2.45) is 11.3 Å². The van der Waals surface area contributed by atoms with Crippen molar-refractivity contribution in [1.82, 2.24) is 25.3 Å². The van der Waals surface area contributed by atoms with Gasteiger partial charge in [0.2, 0.25) is 18.1 Å². The average Bonchev–Trinajstić information content (AvgIpc) is 3.67. The lowest BCUT2D eigenvalue weighted by molar-refractivity contribution is -0.231. The number of benzene rings is 1. The van der Waals surface area contributed by atoms with Gasteiger partial charge in [0.25, 0.3) is 0 Å². The Morgan fingerprint density at radius 3 is 2.66 bits per heavy atom. The summed E-state index contributed by atoms with van der Waals surface area (Å²) in [6, 6.07) is 7.86. The Hall–Kier alpha value is -3.41. The molecule has 0 spiro atoms. The highest BCUT2D eigenvalue weighted by atomic mass is 19.1. The number of carbonyl (C=O) groups is 1. The van der Waals surface area contributed by atoms with Crippen molar-refractivity contribution in [3.8, 4) is 22.6 Å². The summed E-state index contributed by atoms with van der Waals surface area (Å²) < 4.78 is 30.7. The number of carbonyl (C=O) groups excluding carboxylic acids is 1. The zero-order valence-electron chi connectivity index (χ0n) is 21.6. The lowest BCUT2D eigenvalue weighted by Crippen LogP contribution is -2.49. The van der Waals surface area contributed by atoms with Gasteiger partial charge in [-0.3, -0.25) is 4.79 Å². The van der Waals surface area contributed by atoms with Crippen LogP contribution in [0.2, 0.25) is 0 Å². The van der Waals surface area contributed by atoms with Gasteiger partial charge in [0, 0.05) is 38.6 Å². The summed E-state index contributed by atoms with van der Waals surface area (Å²) in [5.41, 5.74) is 1.73. The number of ether oxygens (including phenoxy) is 3. The van der Waals surface area contributed by atoms with Crippen molar-refractivity contribution in [2.45, 2.75) is 32.5 Å². The maximum atomic E-state index is 13.6. The quantitative estimate of drug-likeness (QED) is 0.325. The third kappa shape index (κ3) is 6.17. The summed E-state index contributed by atoms with van der Waals surface area (Å²) in [4.78, 5) is 29.7. The molecule has 5 rings (SSSR count). The number of hydrogen-bond donors (Lipinski definition) is 3. The fraction of sp³-hybridized carbons (Fsp3) is 0.481. The zero-order chi connectivity index (χ0) is 26.5. The molecule has 2 aliphatic rings. The number of aromatic nitrogens is 4.